The van der Waals surface area contributed by atoms with Gasteiger partial charge in [-0.25, -0.2) is 15.0 Å². The molecule has 0 saturated heterocycles. The number of hydrogen-bond acceptors (Lipinski definition) is 6. The van der Waals surface area contributed by atoms with Gasteiger partial charge in [0.05, 0.1) is 4.88 Å². The Kier molecular flexibility index (Phi) is 6.26. The molecule has 0 aliphatic carbocycles. The Morgan fingerprint density at radius 3 is 2.32 bits per heavy atom. The topological polar surface area (TPSA) is 59.9 Å². The molecule has 0 atom stereocenters. The van der Waals surface area contributed by atoms with Crippen LogP contribution in [0, 0.1) is 5.95 Å². The number of hydrogen-bond donors (Lipinski definition) is 1. The van der Waals surface area contributed by atoms with E-state index in [0.29, 0.717) is 22.8 Å². The highest BCUT2D eigenvalue weighted by molar-refractivity contribution is 7.19. The minimum absolute atomic E-state index is 0.0902. The number of ether oxygens (including phenoxy) is 1. The predicted molar refractivity (Wildman–Crippen MR) is 123 cm³/mol. The standard InChI is InChI=1S/C24H20F4N4OS/c1-23(2,3)15-9-4-5-11-17(15)33-21-16(10-7-13-30-21)31-22-32-19(24(26,27)28)18(34-22)14-8-6-12-29-20(14)25/h4-13H,1-3H3,(H,31,32). The molecule has 0 spiro atoms. The fourth-order valence-electron chi connectivity index (χ4n) is 3.27. The second kappa shape index (κ2) is 9.02. The van der Waals surface area contributed by atoms with E-state index in [1.165, 1.54) is 24.5 Å². The summed E-state index contributed by atoms with van der Waals surface area (Å²) >= 11 is 0.665. The van der Waals surface area contributed by atoms with Gasteiger partial charge in [0, 0.05) is 23.5 Å². The Morgan fingerprint density at radius 2 is 1.62 bits per heavy atom. The summed E-state index contributed by atoms with van der Waals surface area (Å²) < 4.78 is 61.3. The van der Waals surface area contributed by atoms with Crippen LogP contribution in [-0.4, -0.2) is 15.0 Å². The molecule has 4 rings (SSSR count). The molecule has 176 valence electrons. The lowest BCUT2D eigenvalue weighted by Crippen LogP contribution is -2.12. The lowest BCUT2D eigenvalue weighted by molar-refractivity contribution is -0.140. The van der Waals surface area contributed by atoms with Gasteiger partial charge in [0.1, 0.15) is 11.4 Å². The molecular formula is C24H20F4N4OS. The van der Waals surface area contributed by atoms with Crippen molar-refractivity contribution in [3.63, 3.8) is 0 Å². The van der Waals surface area contributed by atoms with Gasteiger partial charge < -0.3 is 10.1 Å². The molecule has 10 heteroatoms. The fraction of sp³-hybridized carbons (Fsp3) is 0.208. The maximum atomic E-state index is 14.2. The third-order valence-corrected chi connectivity index (χ3v) is 5.82. The second-order valence-corrected chi connectivity index (χ2v) is 9.36. The minimum atomic E-state index is -4.78. The van der Waals surface area contributed by atoms with Crippen molar-refractivity contribution in [3.8, 4) is 22.1 Å². The summed E-state index contributed by atoms with van der Waals surface area (Å²) in [6, 6.07) is 13.3. The SMILES string of the molecule is CC(C)(C)c1ccccc1Oc1ncccc1Nc1nc(C(F)(F)F)c(-c2cccnc2F)s1. The van der Waals surface area contributed by atoms with Crippen LogP contribution in [0.15, 0.2) is 60.9 Å². The van der Waals surface area contributed by atoms with Gasteiger partial charge in [0.2, 0.25) is 11.8 Å². The number of halogens is 4. The minimum Gasteiger partial charge on any atom is -0.437 e. The Bertz CT molecular complexity index is 1310. The summed E-state index contributed by atoms with van der Waals surface area (Å²) in [6.45, 7) is 6.13. The number of thiazole rings is 1. The van der Waals surface area contributed by atoms with Crippen molar-refractivity contribution in [2.45, 2.75) is 32.4 Å². The van der Waals surface area contributed by atoms with Crippen LogP contribution in [0.1, 0.15) is 32.0 Å². The number of pyridine rings is 2. The van der Waals surface area contributed by atoms with Crippen LogP contribution in [0.5, 0.6) is 11.6 Å². The summed E-state index contributed by atoms with van der Waals surface area (Å²) in [4.78, 5) is 11.0. The normalized spacial score (nSPS) is 12.0. The van der Waals surface area contributed by atoms with Gasteiger partial charge in [-0.05, 0) is 35.7 Å². The van der Waals surface area contributed by atoms with E-state index >= 15 is 0 Å². The van der Waals surface area contributed by atoms with Crippen molar-refractivity contribution < 1.29 is 22.3 Å². The summed E-state index contributed by atoms with van der Waals surface area (Å²) in [5.74, 6) is -0.269. The number of nitrogens with zero attached hydrogens (tertiary/aromatic N) is 3. The summed E-state index contributed by atoms with van der Waals surface area (Å²) in [6.07, 6.45) is -2.10. The van der Waals surface area contributed by atoms with Gasteiger partial charge in [0.25, 0.3) is 0 Å². The van der Waals surface area contributed by atoms with E-state index in [0.717, 1.165) is 5.56 Å². The molecule has 5 nitrogen and oxygen atoms in total. The van der Waals surface area contributed by atoms with Crippen molar-refractivity contribution in [2.75, 3.05) is 5.32 Å². The Morgan fingerprint density at radius 1 is 0.912 bits per heavy atom. The maximum absolute atomic E-state index is 14.2. The van der Waals surface area contributed by atoms with E-state index < -0.39 is 17.8 Å². The molecule has 3 heterocycles. The van der Waals surface area contributed by atoms with Crippen LogP contribution in [0.4, 0.5) is 28.4 Å². The first-order valence-corrected chi connectivity index (χ1v) is 11.0. The third kappa shape index (κ3) is 5.01. The Balaban J connectivity index is 1.72. The number of alkyl halides is 3. The van der Waals surface area contributed by atoms with Crippen molar-refractivity contribution in [1.82, 2.24) is 15.0 Å². The largest absolute Gasteiger partial charge is 0.437 e. The smallest absolute Gasteiger partial charge is 0.434 e. The summed E-state index contributed by atoms with van der Waals surface area (Å²) in [5.41, 5.74) is -0.432. The van der Waals surface area contributed by atoms with E-state index in [-0.39, 0.29) is 26.9 Å². The molecule has 0 fully saturated rings. The van der Waals surface area contributed by atoms with E-state index in [1.807, 2.05) is 39.0 Å². The van der Waals surface area contributed by atoms with Crippen LogP contribution in [-0.2, 0) is 11.6 Å². The van der Waals surface area contributed by atoms with Crippen molar-refractivity contribution >= 4 is 22.2 Å². The monoisotopic (exact) mass is 488 g/mol. The average molecular weight is 489 g/mol. The molecule has 0 amide bonds. The van der Waals surface area contributed by atoms with Crippen LogP contribution in [0.2, 0.25) is 0 Å². The molecule has 1 N–H and O–H groups in total. The molecule has 3 aromatic heterocycles. The van der Waals surface area contributed by atoms with E-state index in [4.69, 9.17) is 4.74 Å². The van der Waals surface area contributed by atoms with Crippen molar-refractivity contribution in [1.29, 1.82) is 0 Å². The lowest BCUT2D eigenvalue weighted by atomic mass is 9.86. The van der Waals surface area contributed by atoms with Gasteiger partial charge in [-0.1, -0.05) is 50.3 Å². The molecule has 0 bridgehead atoms. The number of para-hydroxylation sites is 1. The Labute approximate surface area is 197 Å². The van der Waals surface area contributed by atoms with Crippen molar-refractivity contribution in [2.24, 2.45) is 0 Å². The number of rotatable bonds is 5. The van der Waals surface area contributed by atoms with Gasteiger partial charge in [0.15, 0.2) is 10.8 Å². The van der Waals surface area contributed by atoms with Crippen LogP contribution >= 0.6 is 11.3 Å². The van der Waals surface area contributed by atoms with Gasteiger partial charge in [-0.15, -0.1) is 0 Å². The highest BCUT2D eigenvalue weighted by Gasteiger charge is 2.39. The first-order chi connectivity index (χ1) is 16.0. The average Bonchev–Trinajstić information content (AvgIpc) is 3.19. The third-order valence-electron chi connectivity index (χ3n) is 4.81. The number of benzene rings is 1. The van der Waals surface area contributed by atoms with Gasteiger partial charge >= 0.3 is 6.18 Å². The van der Waals surface area contributed by atoms with E-state index in [2.05, 4.69) is 20.3 Å². The van der Waals surface area contributed by atoms with E-state index in [1.54, 1.807) is 18.2 Å². The van der Waals surface area contributed by atoms with Gasteiger partial charge in [-0.3, -0.25) is 0 Å². The first kappa shape index (κ1) is 23.6. The molecule has 0 aliphatic rings. The van der Waals surface area contributed by atoms with Crippen LogP contribution < -0.4 is 10.1 Å². The molecule has 0 radical (unpaired) electrons. The molecule has 0 unspecified atom stereocenters. The van der Waals surface area contributed by atoms with Crippen LogP contribution in [0.3, 0.4) is 0 Å². The Hall–Kier alpha value is -3.53. The molecule has 4 aromatic rings. The van der Waals surface area contributed by atoms with Gasteiger partial charge in [-0.2, -0.15) is 17.6 Å². The molecule has 0 aliphatic heterocycles. The first-order valence-electron chi connectivity index (χ1n) is 10.2. The number of anilines is 2. The van der Waals surface area contributed by atoms with E-state index in [9.17, 15) is 17.6 Å². The summed E-state index contributed by atoms with van der Waals surface area (Å²) in [5, 5.41) is 2.76. The second-order valence-electron chi connectivity index (χ2n) is 8.37. The molecular weight excluding hydrogens is 468 g/mol. The zero-order valence-electron chi connectivity index (χ0n) is 18.4. The zero-order valence-corrected chi connectivity index (χ0v) is 19.3. The number of nitrogens with one attached hydrogen (secondary N) is 1. The maximum Gasteiger partial charge on any atom is 0.434 e. The fourth-order valence-corrected chi connectivity index (χ4v) is 4.28. The van der Waals surface area contributed by atoms with Crippen LogP contribution in [0.25, 0.3) is 10.4 Å². The summed E-state index contributed by atoms with van der Waals surface area (Å²) in [7, 11) is 0. The highest BCUT2D eigenvalue weighted by Crippen LogP contribution is 2.44. The molecule has 0 saturated carbocycles. The molecule has 34 heavy (non-hydrogen) atoms. The predicted octanol–water partition coefficient (Wildman–Crippen LogP) is 7.59. The lowest BCUT2D eigenvalue weighted by Gasteiger charge is -2.22. The van der Waals surface area contributed by atoms with Crippen molar-refractivity contribution in [3.05, 3.63) is 78.1 Å². The molecule has 1 aromatic carbocycles. The zero-order chi connectivity index (χ0) is 24.5. The highest BCUT2D eigenvalue weighted by atomic mass is 32.1. The quantitative estimate of drug-likeness (QED) is 0.232. The number of aromatic nitrogens is 3.